The zero-order chi connectivity index (χ0) is 18.0. The van der Waals surface area contributed by atoms with Crippen LogP contribution in [-0.4, -0.2) is 38.3 Å². The van der Waals surface area contributed by atoms with E-state index in [0.29, 0.717) is 24.2 Å². The summed E-state index contributed by atoms with van der Waals surface area (Å²) in [5, 5.41) is 24.6. The number of allylic oxidation sites excluding steroid dienone is 2. The van der Waals surface area contributed by atoms with E-state index >= 15 is 0 Å². The number of hydrogen-bond donors (Lipinski definition) is 0. The summed E-state index contributed by atoms with van der Waals surface area (Å²) in [7, 11) is 0. The summed E-state index contributed by atoms with van der Waals surface area (Å²) in [6, 6.07) is 0. The maximum absolute atomic E-state index is 12.4. The fourth-order valence-electron chi connectivity index (χ4n) is 5.02. The van der Waals surface area contributed by atoms with Gasteiger partial charge in [0.25, 0.3) is 0 Å². The van der Waals surface area contributed by atoms with Gasteiger partial charge in [0.05, 0.1) is 0 Å². The normalized spacial score (nSPS) is 36.4. The van der Waals surface area contributed by atoms with Crippen molar-refractivity contribution < 1.29 is 9.85 Å². The van der Waals surface area contributed by atoms with E-state index in [2.05, 4.69) is 7.96 Å². The quantitative estimate of drug-likeness (QED) is 0.320. The molecule has 1 aromatic rings. The number of nitro groups is 2. The fraction of sp³-hybridized carbons (Fsp3) is 0.625. The Hall–Kier alpha value is -1.86. The third-order valence-corrected chi connectivity index (χ3v) is 7.43. The van der Waals surface area contributed by atoms with Gasteiger partial charge in [-0.1, -0.05) is 0 Å². The van der Waals surface area contributed by atoms with Gasteiger partial charge in [0.2, 0.25) is 0 Å². The van der Waals surface area contributed by atoms with Gasteiger partial charge in [-0.15, -0.1) is 0 Å². The van der Waals surface area contributed by atoms with Crippen LogP contribution in [0.5, 0.6) is 0 Å². The second-order valence-electron chi connectivity index (χ2n) is 7.45. The molecule has 0 radical (unpaired) electrons. The average molecular weight is 409 g/mol. The second kappa shape index (κ2) is 5.32. The molecule has 0 unspecified atom stereocenters. The molecule has 0 fully saturated rings. The molecular formula is C16H18N4O4Se. The van der Waals surface area contributed by atoms with Gasteiger partial charge in [-0.05, 0) is 0 Å². The molecule has 0 aliphatic heterocycles. The van der Waals surface area contributed by atoms with Crippen LogP contribution in [0.15, 0.2) is 23.3 Å². The van der Waals surface area contributed by atoms with Crippen LogP contribution >= 0.6 is 0 Å². The molecule has 3 aliphatic rings. The van der Waals surface area contributed by atoms with Gasteiger partial charge in [0.1, 0.15) is 0 Å². The SMILES string of the molecule is CC1=CC[C@]2([N+](=O)[O-])[C@H](C1)c1n[se]nc1[C@@]1([N+](=O)[O-])CC=C(C)C[C@@H]21. The average Bonchev–Trinajstić information content (AvgIpc) is 3.04. The van der Waals surface area contributed by atoms with Crippen LogP contribution in [0.3, 0.4) is 0 Å². The Labute approximate surface area is 150 Å². The van der Waals surface area contributed by atoms with Gasteiger partial charge in [-0.2, -0.15) is 0 Å². The Morgan fingerprint density at radius 3 is 2.44 bits per heavy atom. The summed E-state index contributed by atoms with van der Waals surface area (Å²) in [6.45, 7) is 3.86. The summed E-state index contributed by atoms with van der Waals surface area (Å²) in [5.74, 6) is -1.12. The van der Waals surface area contributed by atoms with E-state index in [0.717, 1.165) is 11.1 Å². The van der Waals surface area contributed by atoms with Crippen LogP contribution in [0, 0.1) is 26.1 Å². The maximum atomic E-state index is 12.4. The van der Waals surface area contributed by atoms with Gasteiger partial charge in [-0.3, -0.25) is 0 Å². The molecule has 132 valence electrons. The molecule has 0 spiro atoms. The molecule has 1 aromatic heterocycles. The van der Waals surface area contributed by atoms with E-state index in [1.165, 1.54) is 0 Å². The van der Waals surface area contributed by atoms with Crippen LogP contribution in [0.4, 0.5) is 0 Å². The molecule has 0 saturated carbocycles. The molecule has 3 aliphatic carbocycles. The first-order valence-corrected chi connectivity index (χ1v) is 9.80. The third kappa shape index (κ3) is 1.93. The van der Waals surface area contributed by atoms with E-state index in [4.69, 9.17) is 0 Å². The third-order valence-electron chi connectivity index (χ3n) is 6.29. The van der Waals surface area contributed by atoms with Crippen molar-refractivity contribution in [3.05, 3.63) is 54.9 Å². The van der Waals surface area contributed by atoms with Crippen LogP contribution in [-0.2, 0) is 5.54 Å². The molecule has 4 atom stereocenters. The number of rotatable bonds is 2. The molecule has 8 nitrogen and oxygen atoms in total. The molecule has 0 bridgehead atoms. The van der Waals surface area contributed by atoms with Gasteiger partial charge in [0.15, 0.2) is 0 Å². The summed E-state index contributed by atoms with van der Waals surface area (Å²) >= 11 is -0.448. The number of hydrogen-bond acceptors (Lipinski definition) is 6. The van der Waals surface area contributed by atoms with E-state index in [1.807, 2.05) is 26.0 Å². The first-order chi connectivity index (χ1) is 11.8. The first-order valence-electron chi connectivity index (χ1n) is 8.27. The minimum absolute atomic E-state index is 0.162. The molecule has 0 N–H and O–H groups in total. The minimum atomic E-state index is -1.51. The summed E-state index contributed by atoms with van der Waals surface area (Å²) < 4.78 is 8.89. The predicted octanol–water partition coefficient (Wildman–Crippen LogP) is 2.21. The van der Waals surface area contributed by atoms with Crippen LogP contribution in [0.25, 0.3) is 0 Å². The molecule has 0 amide bonds. The molecule has 4 rings (SSSR count). The van der Waals surface area contributed by atoms with Crippen molar-refractivity contribution in [2.24, 2.45) is 5.92 Å². The van der Waals surface area contributed by atoms with Gasteiger partial charge in [-0.25, -0.2) is 0 Å². The van der Waals surface area contributed by atoms with Crippen molar-refractivity contribution in [3.8, 4) is 0 Å². The van der Waals surface area contributed by atoms with Gasteiger partial charge in [0, 0.05) is 0 Å². The number of nitrogens with zero attached hydrogens (tertiary/aromatic N) is 4. The van der Waals surface area contributed by atoms with Gasteiger partial charge >= 0.3 is 150 Å². The summed E-state index contributed by atoms with van der Waals surface area (Å²) in [5.41, 5.74) is 0.131. The van der Waals surface area contributed by atoms with Crippen LogP contribution < -0.4 is 0 Å². The second-order valence-corrected chi connectivity index (χ2v) is 8.56. The van der Waals surface area contributed by atoms with Crippen molar-refractivity contribution in [1.29, 1.82) is 0 Å². The summed E-state index contributed by atoms with van der Waals surface area (Å²) in [4.78, 5) is 24.1. The topological polar surface area (TPSA) is 112 Å². The van der Waals surface area contributed by atoms with Crippen molar-refractivity contribution in [1.82, 2.24) is 7.96 Å². The monoisotopic (exact) mass is 410 g/mol. The first kappa shape index (κ1) is 16.6. The zero-order valence-electron chi connectivity index (χ0n) is 14.0. The van der Waals surface area contributed by atoms with Crippen LogP contribution in [0.1, 0.15) is 56.8 Å². The van der Waals surface area contributed by atoms with Crippen LogP contribution in [0.2, 0.25) is 0 Å². The van der Waals surface area contributed by atoms with E-state index in [-0.39, 0.29) is 22.7 Å². The van der Waals surface area contributed by atoms with Crippen molar-refractivity contribution in [2.75, 3.05) is 0 Å². The molecule has 25 heavy (non-hydrogen) atoms. The Morgan fingerprint density at radius 1 is 1.08 bits per heavy atom. The molecule has 1 heterocycles. The Bertz CT molecular complexity index is 847. The van der Waals surface area contributed by atoms with Crippen molar-refractivity contribution in [3.63, 3.8) is 0 Å². The predicted molar refractivity (Wildman–Crippen MR) is 89.6 cm³/mol. The molecule has 0 saturated heterocycles. The zero-order valence-corrected chi connectivity index (χ0v) is 15.7. The van der Waals surface area contributed by atoms with Crippen molar-refractivity contribution >= 4 is 15.0 Å². The molecule has 0 aromatic carbocycles. The van der Waals surface area contributed by atoms with E-state index < -0.39 is 37.9 Å². The van der Waals surface area contributed by atoms with E-state index in [9.17, 15) is 20.2 Å². The van der Waals surface area contributed by atoms with Crippen molar-refractivity contribution in [2.45, 2.75) is 56.5 Å². The van der Waals surface area contributed by atoms with E-state index in [1.54, 1.807) is 0 Å². The Kier molecular flexibility index (Phi) is 3.53. The Balaban J connectivity index is 2.07. The standard InChI is InChI=1S/C16H18N4O4Se/c1-9-3-5-15(19(21)22)11(7-9)13-14(18-25-17-13)16(20(23)24)6-4-10(2)8-12(15)16/h3-4,11-12H,5-8H2,1-2H3/t11-,12+,15+,16-/m1/s1. The summed E-state index contributed by atoms with van der Waals surface area (Å²) in [6.07, 6.45) is 5.02. The molecule has 9 heteroatoms. The van der Waals surface area contributed by atoms with Gasteiger partial charge < -0.3 is 0 Å². The molecular weight excluding hydrogens is 391 g/mol. The number of fused-ring (bicyclic) bond motifs is 6. The Morgan fingerprint density at radius 2 is 1.76 bits per heavy atom. The fourth-order valence-corrected chi connectivity index (χ4v) is 6.44. The number of aromatic nitrogens is 2.